The van der Waals surface area contributed by atoms with Crippen molar-refractivity contribution in [2.75, 3.05) is 12.4 Å². The summed E-state index contributed by atoms with van der Waals surface area (Å²) in [5.41, 5.74) is 0.737. The maximum absolute atomic E-state index is 14.2. The number of esters is 1. The van der Waals surface area contributed by atoms with E-state index < -0.39 is 5.97 Å². The number of benzene rings is 1. The Balaban J connectivity index is 2.48. The van der Waals surface area contributed by atoms with Gasteiger partial charge >= 0.3 is 5.97 Å². The summed E-state index contributed by atoms with van der Waals surface area (Å²) in [7, 11) is 0. The van der Waals surface area contributed by atoms with E-state index in [1.54, 1.807) is 31.7 Å². The topological polar surface area (TPSA) is 39.2 Å². The SMILES string of the molecule is CCOC(=O)c1nc(-c2c(F)cccc2SCC)sc1C. The van der Waals surface area contributed by atoms with Crippen molar-refractivity contribution in [3.05, 3.63) is 34.6 Å². The molecule has 1 heterocycles. The third-order valence-corrected chi connectivity index (χ3v) is 4.68. The van der Waals surface area contributed by atoms with E-state index >= 15 is 0 Å². The minimum Gasteiger partial charge on any atom is -0.461 e. The van der Waals surface area contributed by atoms with Gasteiger partial charge in [-0.25, -0.2) is 14.2 Å². The average Bonchev–Trinajstić information content (AvgIpc) is 2.81. The molecule has 1 aromatic carbocycles. The maximum Gasteiger partial charge on any atom is 0.358 e. The number of carbonyl (C=O) groups is 1. The van der Waals surface area contributed by atoms with Gasteiger partial charge in [-0.05, 0) is 31.7 Å². The first kappa shape index (κ1) is 16.0. The molecule has 0 spiro atoms. The predicted octanol–water partition coefficient (Wildman–Crippen LogP) is 4.55. The quantitative estimate of drug-likeness (QED) is 0.597. The van der Waals surface area contributed by atoms with Crippen molar-refractivity contribution < 1.29 is 13.9 Å². The van der Waals surface area contributed by atoms with Crippen LogP contribution in [0.2, 0.25) is 0 Å². The minimum absolute atomic E-state index is 0.271. The Morgan fingerprint density at radius 1 is 1.43 bits per heavy atom. The Labute approximate surface area is 131 Å². The van der Waals surface area contributed by atoms with Gasteiger partial charge in [0, 0.05) is 9.77 Å². The largest absolute Gasteiger partial charge is 0.461 e. The third kappa shape index (κ3) is 3.44. The first-order valence-electron chi connectivity index (χ1n) is 6.64. The number of thiazole rings is 1. The van der Waals surface area contributed by atoms with Gasteiger partial charge in [-0.1, -0.05) is 13.0 Å². The van der Waals surface area contributed by atoms with Crippen molar-refractivity contribution >= 4 is 29.1 Å². The van der Waals surface area contributed by atoms with Crippen LogP contribution in [-0.4, -0.2) is 23.3 Å². The van der Waals surface area contributed by atoms with Gasteiger partial charge in [0.25, 0.3) is 0 Å². The van der Waals surface area contributed by atoms with Crippen LogP contribution in [0.1, 0.15) is 29.2 Å². The standard InChI is InChI=1S/C15H16FNO2S2/c1-4-19-15(18)13-9(3)21-14(17-13)12-10(16)7-6-8-11(12)20-5-2/h6-8H,4-5H2,1-3H3. The van der Waals surface area contributed by atoms with Gasteiger partial charge in [-0.15, -0.1) is 23.1 Å². The van der Waals surface area contributed by atoms with Crippen molar-refractivity contribution in [1.29, 1.82) is 0 Å². The fourth-order valence-electron chi connectivity index (χ4n) is 1.88. The molecule has 0 saturated heterocycles. The van der Waals surface area contributed by atoms with Crippen LogP contribution in [0.3, 0.4) is 0 Å². The molecular weight excluding hydrogens is 309 g/mol. The van der Waals surface area contributed by atoms with Gasteiger partial charge < -0.3 is 4.74 Å². The highest BCUT2D eigenvalue weighted by atomic mass is 32.2. The number of thioether (sulfide) groups is 1. The zero-order valence-corrected chi connectivity index (χ0v) is 13.7. The molecule has 0 bridgehead atoms. The fourth-order valence-corrected chi connectivity index (χ4v) is 3.73. The van der Waals surface area contributed by atoms with Crippen LogP contribution in [0.15, 0.2) is 23.1 Å². The zero-order valence-electron chi connectivity index (χ0n) is 12.1. The molecule has 0 aliphatic carbocycles. The number of halogens is 1. The number of nitrogens with zero attached hydrogens (tertiary/aromatic N) is 1. The Morgan fingerprint density at radius 2 is 2.19 bits per heavy atom. The Hall–Kier alpha value is -1.40. The molecule has 3 nitrogen and oxygen atoms in total. The van der Waals surface area contributed by atoms with Crippen LogP contribution in [0.25, 0.3) is 10.6 Å². The van der Waals surface area contributed by atoms with Crippen molar-refractivity contribution in [3.63, 3.8) is 0 Å². The van der Waals surface area contributed by atoms with Crippen molar-refractivity contribution in [2.45, 2.75) is 25.7 Å². The molecule has 0 atom stereocenters. The Morgan fingerprint density at radius 3 is 2.86 bits per heavy atom. The molecular formula is C15H16FNO2S2. The number of hydrogen-bond donors (Lipinski definition) is 0. The van der Waals surface area contributed by atoms with Gasteiger partial charge in [0.2, 0.25) is 0 Å². The lowest BCUT2D eigenvalue weighted by Crippen LogP contribution is -2.06. The summed E-state index contributed by atoms with van der Waals surface area (Å²) in [5, 5.41) is 0.518. The van der Waals surface area contributed by atoms with E-state index in [0.717, 1.165) is 15.5 Å². The summed E-state index contributed by atoms with van der Waals surface area (Å²) in [6.07, 6.45) is 0. The third-order valence-electron chi connectivity index (χ3n) is 2.75. The molecule has 0 unspecified atom stereocenters. The Bertz CT molecular complexity index is 655. The summed E-state index contributed by atoms with van der Waals surface area (Å²) in [5.74, 6) is 0.0575. The molecule has 2 aromatic rings. The molecule has 0 saturated carbocycles. The van der Waals surface area contributed by atoms with E-state index in [-0.39, 0.29) is 11.5 Å². The van der Waals surface area contributed by atoms with Crippen LogP contribution in [0, 0.1) is 12.7 Å². The second-order valence-electron chi connectivity index (χ2n) is 4.19. The highest BCUT2D eigenvalue weighted by Gasteiger charge is 2.21. The van der Waals surface area contributed by atoms with E-state index in [0.29, 0.717) is 17.2 Å². The highest BCUT2D eigenvalue weighted by molar-refractivity contribution is 7.99. The normalized spacial score (nSPS) is 10.7. The lowest BCUT2D eigenvalue weighted by atomic mass is 10.2. The van der Waals surface area contributed by atoms with Crippen LogP contribution >= 0.6 is 23.1 Å². The van der Waals surface area contributed by atoms with Crippen molar-refractivity contribution in [3.8, 4) is 10.6 Å². The number of ether oxygens (including phenoxy) is 1. The number of rotatable bonds is 5. The van der Waals surface area contributed by atoms with E-state index in [4.69, 9.17) is 4.74 Å². The van der Waals surface area contributed by atoms with Crippen LogP contribution in [0.4, 0.5) is 4.39 Å². The second-order valence-corrected chi connectivity index (χ2v) is 6.70. The van der Waals surface area contributed by atoms with Crippen molar-refractivity contribution in [2.24, 2.45) is 0 Å². The lowest BCUT2D eigenvalue weighted by molar-refractivity contribution is 0.0519. The second kappa shape index (κ2) is 7.04. The molecule has 0 aliphatic heterocycles. The van der Waals surface area contributed by atoms with Crippen molar-refractivity contribution in [1.82, 2.24) is 4.98 Å². The summed E-state index contributed by atoms with van der Waals surface area (Å²) >= 11 is 2.87. The number of aromatic nitrogens is 1. The smallest absolute Gasteiger partial charge is 0.358 e. The molecule has 0 radical (unpaired) electrons. The molecule has 21 heavy (non-hydrogen) atoms. The molecule has 112 valence electrons. The van der Waals surface area contributed by atoms with Gasteiger partial charge in [0.15, 0.2) is 5.69 Å². The number of carbonyl (C=O) groups excluding carboxylic acids is 1. The van der Waals surface area contributed by atoms with Gasteiger partial charge in [0.1, 0.15) is 10.8 Å². The van der Waals surface area contributed by atoms with Crippen LogP contribution in [-0.2, 0) is 4.74 Å². The van der Waals surface area contributed by atoms with Gasteiger partial charge in [0.05, 0.1) is 12.2 Å². The van der Waals surface area contributed by atoms with Crippen LogP contribution in [0.5, 0.6) is 0 Å². The van der Waals surface area contributed by atoms with E-state index in [2.05, 4.69) is 4.98 Å². The number of aryl methyl sites for hydroxylation is 1. The van der Waals surface area contributed by atoms with Gasteiger partial charge in [-0.2, -0.15) is 0 Å². The monoisotopic (exact) mass is 325 g/mol. The average molecular weight is 325 g/mol. The minimum atomic E-state index is -0.460. The molecule has 0 amide bonds. The van der Waals surface area contributed by atoms with E-state index in [9.17, 15) is 9.18 Å². The Kier molecular flexibility index (Phi) is 5.36. The lowest BCUT2D eigenvalue weighted by Gasteiger charge is -2.06. The molecule has 0 aliphatic rings. The molecule has 1 aromatic heterocycles. The fraction of sp³-hybridized carbons (Fsp3) is 0.333. The highest BCUT2D eigenvalue weighted by Crippen LogP contribution is 2.37. The molecule has 0 fully saturated rings. The molecule has 6 heteroatoms. The summed E-state index contributed by atoms with van der Waals surface area (Å²) in [6, 6.07) is 4.97. The predicted molar refractivity (Wildman–Crippen MR) is 84.6 cm³/mol. The van der Waals surface area contributed by atoms with E-state index in [1.807, 2.05) is 13.0 Å². The van der Waals surface area contributed by atoms with E-state index in [1.165, 1.54) is 17.4 Å². The molecule has 2 rings (SSSR count). The summed E-state index contributed by atoms with van der Waals surface area (Å²) in [6.45, 7) is 5.84. The van der Waals surface area contributed by atoms with Crippen LogP contribution < -0.4 is 0 Å². The van der Waals surface area contributed by atoms with Gasteiger partial charge in [-0.3, -0.25) is 0 Å². The summed E-state index contributed by atoms with van der Waals surface area (Å²) < 4.78 is 19.2. The molecule has 0 N–H and O–H groups in total. The first-order chi connectivity index (χ1) is 10.1. The zero-order chi connectivity index (χ0) is 15.4. The first-order valence-corrected chi connectivity index (χ1v) is 8.44. The number of hydrogen-bond acceptors (Lipinski definition) is 5. The maximum atomic E-state index is 14.2. The summed E-state index contributed by atoms with van der Waals surface area (Å²) in [4.78, 5) is 17.7.